The number of phenols is 6. The molecule has 145 heavy (non-hydrogen) atoms. The summed E-state index contributed by atoms with van der Waals surface area (Å²) in [6.45, 7) is 4.14. The molecule has 7 N–H and O–H groups in total. The standard InChI is InChI=1S/C38H29N4.C30H22N4O2.C28H21N3O2.C25H22N2O2.CH3.4Pt/c1-39-33-19-11-9-17-29(33)35-23-31(25-13-5-3-6-14-25)27-21-22-28-32(26-15-7-4-8-16-26)24-36(42-38(28)37(27)41-35)30-18-10-12-20-34(30)40-2;35-27-17-9-7-15-23(27)25-19-33(21-11-3-1-4-12-21)29(31-25)30-32-26(24-16-8-10-18-28(24)36)20-34(30)22-13-5-2-6-14-22;32-25-16-6-4-12-21(25)23-14-8-18-27(29-23)31(20-10-2-1-3-11-20)28-19-9-15-24(30-28)22-13-5-7-17-26(22)33;1-25(2,23-15-7-11-19(26-23)17-9-3-5-13-21(17)28)24-16-8-12-20(27-24)18-10-4-6-14-22(18)29;;;;;/h3-24,39H,1-2H3;1-20,35-36H;1-19,32-33H;3-16,28-29H,1-2H3;1H3;;;;/q-1;;;;-1;;;;+2. The van der Waals surface area contributed by atoms with E-state index in [-0.39, 0.29) is 126 Å². The van der Waals surface area contributed by atoms with Gasteiger partial charge in [0.05, 0.1) is 68.0 Å². The Morgan fingerprint density at radius 3 is 0.931 bits per heavy atom. The first-order valence-electron chi connectivity index (χ1n) is 45.7. The Balaban J connectivity index is 0.000000153. The van der Waals surface area contributed by atoms with Crippen LogP contribution in [0.5, 0.6) is 34.5 Å². The average Bonchev–Trinajstić information content (AvgIpc) is 1.32. The number of hydrogen-bond acceptors (Lipinski definition) is 16. The molecular weight excluding hydrogens is 2520 g/mol. The van der Waals surface area contributed by atoms with Crippen molar-refractivity contribution in [3.05, 3.63) is 479 Å². The molecule has 0 aliphatic rings. The molecular formula is C122H97N13O6Pt4. The maximum Gasteiger partial charge on any atom is 2.00 e. The maximum atomic E-state index is 10.5. The Morgan fingerprint density at radius 1 is 0.276 bits per heavy atom. The monoisotopic (exact) mass is 2620 g/mol. The zero-order chi connectivity index (χ0) is 96.0. The SMILES string of the molecule is CC(C)(c1cccc(-c2ccccc2O)n1)c1cccc(-c2ccccc2O)n1.C[N-]c1ccccc1-c1cc(-c2ccccc2)c2ccc3c(-c4ccccc4)cc(-c4ccccc4NC)nc3c2n1.Oc1ccccc1-c1cccc(N(c2ccccc2)c2cccc(-c3ccccc3O)n2)n1.Oc1ccccc1-c1cn(-c2ccccc2)c(-c2nc(-c3ccccc3O)cn2-c2ccccc2)n1.[CH3-].[Pt+2].[Pt].[Pt].[Pt]. The molecule has 0 aliphatic carbocycles. The van der Waals surface area contributed by atoms with Crippen LogP contribution in [0, 0.1) is 7.43 Å². The summed E-state index contributed by atoms with van der Waals surface area (Å²) in [5.74, 6) is 3.58. The van der Waals surface area contributed by atoms with Crippen LogP contribution in [0.4, 0.5) is 28.7 Å². The molecule has 0 saturated heterocycles. The number of para-hydroxylation sites is 11. The number of hydrogen-bond donors (Lipinski definition) is 7. The van der Waals surface area contributed by atoms with Gasteiger partial charge >= 0.3 is 21.1 Å². The number of aromatic hydroxyl groups is 6. The largest absolute Gasteiger partial charge is 2.00 e. The van der Waals surface area contributed by atoms with Crippen LogP contribution in [0.15, 0.2) is 455 Å². The molecule has 8 aromatic heterocycles. The molecule has 0 unspecified atom stereocenters. The minimum Gasteiger partial charge on any atom is -0.686 e. The first kappa shape index (κ1) is 105. The molecule has 0 spiro atoms. The summed E-state index contributed by atoms with van der Waals surface area (Å²) >= 11 is 0. The molecule has 0 saturated carbocycles. The first-order valence-corrected chi connectivity index (χ1v) is 45.7. The van der Waals surface area contributed by atoms with Gasteiger partial charge in [0.15, 0.2) is 11.6 Å². The Kier molecular flexibility index (Phi) is 34.7. The molecule has 0 fully saturated rings. The normalized spacial score (nSPS) is 10.6. The molecule has 19 nitrogen and oxygen atoms in total. The van der Waals surface area contributed by atoms with Gasteiger partial charge in [-0.3, -0.25) is 24.0 Å². The van der Waals surface area contributed by atoms with Crippen LogP contribution in [-0.4, -0.2) is 93.7 Å². The van der Waals surface area contributed by atoms with Crippen LogP contribution >= 0.6 is 0 Å². The first-order chi connectivity index (χ1) is 68.6. The molecule has 0 aliphatic heterocycles. The Bertz CT molecular complexity index is 7740. The van der Waals surface area contributed by atoms with Crippen LogP contribution in [-0.2, 0) is 89.7 Å². The van der Waals surface area contributed by atoms with Gasteiger partial charge in [0.2, 0.25) is 0 Å². The third-order valence-corrected chi connectivity index (χ3v) is 24.3. The third-order valence-electron chi connectivity index (χ3n) is 24.3. The predicted molar refractivity (Wildman–Crippen MR) is 570 cm³/mol. The molecule has 726 valence electrons. The Hall–Kier alpha value is -16.1. The van der Waals surface area contributed by atoms with Crippen molar-refractivity contribution < 1.29 is 115 Å². The fraction of sp³-hybridized carbons (Fsp3) is 0.0410. The number of aromatic nitrogens is 10. The van der Waals surface area contributed by atoms with E-state index in [0.29, 0.717) is 90.8 Å². The van der Waals surface area contributed by atoms with Crippen LogP contribution in [0.25, 0.3) is 162 Å². The molecule has 0 bridgehead atoms. The van der Waals surface area contributed by atoms with Gasteiger partial charge in [-0.2, -0.15) is 0 Å². The Morgan fingerprint density at radius 2 is 0.572 bits per heavy atom. The van der Waals surface area contributed by atoms with Gasteiger partial charge in [0.1, 0.15) is 46.1 Å². The van der Waals surface area contributed by atoms with Crippen molar-refractivity contribution in [2.24, 2.45) is 0 Å². The predicted octanol–water partition coefficient (Wildman–Crippen LogP) is 29.3. The van der Waals surface area contributed by atoms with E-state index < -0.39 is 5.41 Å². The van der Waals surface area contributed by atoms with E-state index in [2.05, 4.69) is 128 Å². The second kappa shape index (κ2) is 48.1. The summed E-state index contributed by atoms with van der Waals surface area (Å²) in [5.41, 5.74) is 23.9. The van der Waals surface area contributed by atoms with Crippen molar-refractivity contribution in [1.82, 2.24) is 49.0 Å². The summed E-state index contributed by atoms with van der Waals surface area (Å²) < 4.78 is 3.94. The van der Waals surface area contributed by atoms with E-state index in [0.717, 1.165) is 106 Å². The van der Waals surface area contributed by atoms with Crippen LogP contribution in [0.2, 0.25) is 0 Å². The van der Waals surface area contributed by atoms with Gasteiger partial charge in [-0.05, 0) is 218 Å². The van der Waals surface area contributed by atoms with E-state index in [1.807, 2.05) is 307 Å². The number of imidazole rings is 2. The molecule has 0 atom stereocenters. The summed E-state index contributed by atoms with van der Waals surface area (Å²) in [7, 11) is 3.77. The fourth-order valence-electron chi connectivity index (χ4n) is 17.2. The van der Waals surface area contributed by atoms with Crippen molar-refractivity contribution in [3.8, 4) is 170 Å². The minimum atomic E-state index is -0.471. The number of anilines is 4. The zero-order valence-corrected chi connectivity index (χ0v) is 88.2. The van der Waals surface area contributed by atoms with Crippen LogP contribution in [0.1, 0.15) is 25.2 Å². The molecule has 14 aromatic carbocycles. The summed E-state index contributed by atoms with van der Waals surface area (Å²) in [4.78, 5) is 41.9. The number of nitrogens with one attached hydrogen (secondary N) is 1. The number of benzene rings is 14. The van der Waals surface area contributed by atoms with Crippen molar-refractivity contribution >= 4 is 50.5 Å². The van der Waals surface area contributed by atoms with Crippen molar-refractivity contribution in [1.29, 1.82) is 0 Å². The van der Waals surface area contributed by atoms with Crippen molar-refractivity contribution in [3.63, 3.8) is 0 Å². The summed E-state index contributed by atoms with van der Waals surface area (Å²) in [6, 6.07) is 142. The van der Waals surface area contributed by atoms with E-state index >= 15 is 0 Å². The number of fused-ring (bicyclic) bond motifs is 3. The van der Waals surface area contributed by atoms with E-state index in [4.69, 9.17) is 39.9 Å². The van der Waals surface area contributed by atoms with Gasteiger partial charge < -0.3 is 48.7 Å². The van der Waals surface area contributed by atoms with E-state index in [1.54, 1.807) is 72.8 Å². The number of pyridine rings is 6. The Labute approximate surface area is 899 Å². The van der Waals surface area contributed by atoms with Gasteiger partial charge in [-0.1, -0.05) is 267 Å². The average molecular weight is 2620 g/mol. The van der Waals surface area contributed by atoms with Crippen LogP contribution < -0.4 is 10.2 Å². The zero-order valence-electron chi connectivity index (χ0n) is 79.1. The molecule has 0 amide bonds. The van der Waals surface area contributed by atoms with E-state index in [9.17, 15) is 30.6 Å². The second-order valence-corrected chi connectivity index (χ2v) is 33.5. The topological polar surface area (TPSA) is 264 Å². The fourth-order valence-corrected chi connectivity index (χ4v) is 17.2. The number of phenolic OH excluding ortho intramolecular Hbond substituents is 6. The molecule has 23 heteroatoms. The smallest absolute Gasteiger partial charge is 0.686 e. The second-order valence-electron chi connectivity index (χ2n) is 33.5. The molecule has 0 radical (unpaired) electrons. The van der Waals surface area contributed by atoms with Crippen molar-refractivity contribution in [2.45, 2.75) is 19.3 Å². The van der Waals surface area contributed by atoms with E-state index in [1.165, 1.54) is 0 Å². The van der Waals surface area contributed by atoms with Gasteiger partial charge in [-0.25, -0.2) is 29.9 Å². The molecule has 22 rings (SSSR count). The van der Waals surface area contributed by atoms with Crippen molar-refractivity contribution in [2.75, 3.05) is 24.3 Å². The van der Waals surface area contributed by atoms with Gasteiger partial charge in [0, 0.05) is 161 Å². The maximum absolute atomic E-state index is 10.5. The van der Waals surface area contributed by atoms with Gasteiger partial charge in [-0.15, -0.1) is 12.7 Å². The summed E-state index contributed by atoms with van der Waals surface area (Å²) in [5, 5.41) is 72.1. The number of rotatable bonds is 20. The third kappa shape index (κ3) is 23.0. The molecule has 8 heterocycles. The van der Waals surface area contributed by atoms with Crippen LogP contribution in [0.3, 0.4) is 0 Å². The van der Waals surface area contributed by atoms with Gasteiger partial charge in [0.25, 0.3) is 0 Å². The number of nitrogens with zero attached hydrogens (tertiary/aromatic N) is 12. The minimum absolute atomic E-state index is 0. The quantitative estimate of drug-likeness (QED) is 0.0276. The molecule has 22 aromatic rings. The summed E-state index contributed by atoms with van der Waals surface area (Å²) in [6.07, 6.45) is 3.81.